The minimum absolute atomic E-state index is 0.0163. The fourth-order valence-electron chi connectivity index (χ4n) is 9.00. The molecule has 5 aromatic rings. The van der Waals surface area contributed by atoms with E-state index in [1.165, 1.54) is 0 Å². The number of likely N-dealkylation sites (tertiary alicyclic amines) is 2. The maximum Gasteiger partial charge on any atom is 0.250 e. The van der Waals surface area contributed by atoms with Gasteiger partial charge in [0.1, 0.15) is 17.7 Å². The SMILES string of the molecule is CN[C@H](C(=O)N1[C@@H](C)CC[C@H]1c1ncc(-c2ccc(-c3ccc(-c4cnc([C@@H]5C[C@H](COC)CN5C(=O)[C@H](NC(=O)C5CC5)c5ccccc5)[nH]4)cc3)cc2)[nH]1)C(C)C. The van der Waals surface area contributed by atoms with Crippen molar-refractivity contribution in [1.29, 1.82) is 0 Å². The molecule has 308 valence electrons. The molecular formula is C47H56N8O4. The molecule has 4 heterocycles. The number of likely N-dealkylation sites (N-methyl/N-ethyl adjacent to an activating group) is 1. The number of imidazole rings is 2. The number of aromatic nitrogens is 4. The van der Waals surface area contributed by atoms with Crippen LogP contribution in [0.4, 0.5) is 0 Å². The van der Waals surface area contributed by atoms with Crippen LogP contribution in [0, 0.1) is 17.8 Å². The Morgan fingerprint density at radius 2 is 1.36 bits per heavy atom. The average molecular weight is 797 g/mol. The van der Waals surface area contributed by atoms with Gasteiger partial charge in [-0.3, -0.25) is 14.4 Å². The average Bonchev–Trinajstić information content (AvgIpc) is 3.57. The number of nitrogens with zero attached hydrogens (tertiary/aromatic N) is 4. The van der Waals surface area contributed by atoms with Crippen molar-refractivity contribution in [1.82, 2.24) is 40.4 Å². The molecule has 0 bridgehead atoms. The highest BCUT2D eigenvalue weighted by atomic mass is 16.5. The number of nitrogens with one attached hydrogen (secondary N) is 4. The van der Waals surface area contributed by atoms with Crippen LogP contribution in [0.2, 0.25) is 0 Å². The maximum atomic E-state index is 14.4. The first kappa shape index (κ1) is 40.2. The Morgan fingerprint density at radius 3 is 1.90 bits per heavy atom. The molecule has 3 amide bonds. The molecule has 0 unspecified atom stereocenters. The van der Waals surface area contributed by atoms with Crippen molar-refractivity contribution >= 4 is 17.7 Å². The smallest absolute Gasteiger partial charge is 0.250 e. The predicted molar refractivity (Wildman–Crippen MR) is 227 cm³/mol. The zero-order valence-corrected chi connectivity index (χ0v) is 34.7. The van der Waals surface area contributed by atoms with Gasteiger partial charge in [-0.05, 0) is 79.8 Å². The minimum atomic E-state index is -0.772. The lowest BCUT2D eigenvalue weighted by atomic mass is 10.0. The van der Waals surface area contributed by atoms with Gasteiger partial charge < -0.3 is 35.1 Å². The summed E-state index contributed by atoms with van der Waals surface area (Å²) in [5.41, 5.74) is 6.74. The molecule has 0 spiro atoms. The molecule has 3 aliphatic rings. The Bertz CT molecular complexity index is 2230. The normalized spacial score (nSPS) is 21.5. The van der Waals surface area contributed by atoms with Crippen LogP contribution in [0.15, 0.2) is 91.3 Å². The van der Waals surface area contributed by atoms with Crippen LogP contribution in [-0.2, 0) is 19.1 Å². The second-order valence-corrected chi connectivity index (χ2v) is 16.9. The van der Waals surface area contributed by atoms with Gasteiger partial charge in [0.15, 0.2) is 0 Å². The van der Waals surface area contributed by atoms with Crippen molar-refractivity contribution in [2.24, 2.45) is 17.8 Å². The summed E-state index contributed by atoms with van der Waals surface area (Å²) in [6.07, 6.45) is 7.96. The van der Waals surface area contributed by atoms with Gasteiger partial charge in [-0.25, -0.2) is 9.97 Å². The number of rotatable bonds is 14. The van der Waals surface area contributed by atoms with Crippen molar-refractivity contribution in [3.8, 4) is 33.6 Å². The molecule has 12 nitrogen and oxygen atoms in total. The van der Waals surface area contributed by atoms with Crippen molar-refractivity contribution in [3.05, 3.63) is 108 Å². The molecule has 2 aliphatic heterocycles. The molecule has 59 heavy (non-hydrogen) atoms. The fourth-order valence-corrected chi connectivity index (χ4v) is 9.00. The summed E-state index contributed by atoms with van der Waals surface area (Å²) in [7, 11) is 3.54. The van der Waals surface area contributed by atoms with Crippen LogP contribution in [-0.4, -0.2) is 86.9 Å². The lowest BCUT2D eigenvalue weighted by Crippen LogP contribution is -2.50. The van der Waals surface area contributed by atoms with Gasteiger partial charge in [-0.15, -0.1) is 0 Å². The molecule has 3 aromatic carbocycles. The highest BCUT2D eigenvalue weighted by Gasteiger charge is 2.43. The number of carbonyl (C=O) groups excluding carboxylic acids is 3. The van der Waals surface area contributed by atoms with Crippen molar-refractivity contribution in [2.45, 2.75) is 83.1 Å². The van der Waals surface area contributed by atoms with Gasteiger partial charge in [0.05, 0.1) is 48.5 Å². The highest BCUT2D eigenvalue weighted by molar-refractivity contribution is 5.90. The zero-order valence-electron chi connectivity index (χ0n) is 34.7. The number of hydrogen-bond donors (Lipinski definition) is 4. The first-order chi connectivity index (χ1) is 28.6. The summed E-state index contributed by atoms with van der Waals surface area (Å²) in [6, 6.07) is 25.1. The number of hydrogen-bond acceptors (Lipinski definition) is 7. The largest absolute Gasteiger partial charge is 0.384 e. The van der Waals surface area contributed by atoms with E-state index in [-0.39, 0.29) is 59.6 Å². The van der Waals surface area contributed by atoms with Crippen LogP contribution in [0.5, 0.6) is 0 Å². The van der Waals surface area contributed by atoms with Crippen LogP contribution < -0.4 is 10.6 Å². The first-order valence-corrected chi connectivity index (χ1v) is 21.1. The molecule has 1 saturated carbocycles. The lowest BCUT2D eigenvalue weighted by molar-refractivity contribution is -0.138. The number of ether oxygens (including phenoxy) is 1. The second-order valence-electron chi connectivity index (χ2n) is 16.9. The van der Waals surface area contributed by atoms with Gasteiger partial charge in [0.2, 0.25) is 17.7 Å². The highest BCUT2D eigenvalue weighted by Crippen LogP contribution is 2.39. The van der Waals surface area contributed by atoms with E-state index >= 15 is 0 Å². The molecule has 3 fully saturated rings. The number of carbonyl (C=O) groups is 3. The second kappa shape index (κ2) is 17.3. The quantitative estimate of drug-likeness (QED) is 0.0927. The molecule has 6 atom stereocenters. The van der Waals surface area contributed by atoms with Crippen molar-refractivity contribution < 1.29 is 19.1 Å². The van der Waals surface area contributed by atoms with E-state index in [1.54, 1.807) is 7.11 Å². The Balaban J connectivity index is 0.957. The Morgan fingerprint density at radius 1 is 0.780 bits per heavy atom. The van der Waals surface area contributed by atoms with Crippen LogP contribution in [0.3, 0.4) is 0 Å². The Kier molecular flexibility index (Phi) is 11.8. The van der Waals surface area contributed by atoms with E-state index in [4.69, 9.17) is 14.7 Å². The molecule has 1 aliphatic carbocycles. The molecule has 2 aromatic heterocycles. The predicted octanol–water partition coefficient (Wildman–Crippen LogP) is 7.23. The van der Waals surface area contributed by atoms with Crippen LogP contribution >= 0.6 is 0 Å². The van der Waals surface area contributed by atoms with Crippen molar-refractivity contribution in [2.75, 3.05) is 27.3 Å². The van der Waals surface area contributed by atoms with E-state index in [1.807, 2.05) is 59.6 Å². The third-order valence-electron chi connectivity index (χ3n) is 12.4. The summed E-state index contributed by atoms with van der Waals surface area (Å²) >= 11 is 0. The molecule has 0 radical (unpaired) electrons. The van der Waals surface area contributed by atoms with Gasteiger partial charge in [0.25, 0.3) is 0 Å². The van der Waals surface area contributed by atoms with Crippen LogP contribution in [0.1, 0.15) is 88.2 Å². The third kappa shape index (κ3) is 8.47. The first-order valence-electron chi connectivity index (χ1n) is 21.1. The summed E-state index contributed by atoms with van der Waals surface area (Å²) in [4.78, 5) is 61.4. The summed E-state index contributed by atoms with van der Waals surface area (Å²) in [5, 5.41) is 6.28. The number of aromatic amines is 2. The van der Waals surface area contributed by atoms with Crippen molar-refractivity contribution in [3.63, 3.8) is 0 Å². The Hall–Kier alpha value is -5.59. The Labute approximate surface area is 346 Å². The van der Waals surface area contributed by atoms with Gasteiger partial charge in [-0.1, -0.05) is 92.7 Å². The topological polar surface area (TPSA) is 148 Å². The van der Waals surface area contributed by atoms with Gasteiger partial charge in [0, 0.05) is 31.5 Å². The van der Waals surface area contributed by atoms with E-state index in [9.17, 15) is 14.4 Å². The number of benzene rings is 3. The molecule has 2 saturated heterocycles. The maximum absolute atomic E-state index is 14.4. The molecule has 8 rings (SSSR count). The van der Waals surface area contributed by atoms with E-state index in [2.05, 4.69) is 89.9 Å². The number of H-pyrrole nitrogens is 2. The van der Waals surface area contributed by atoms with E-state index < -0.39 is 6.04 Å². The summed E-state index contributed by atoms with van der Waals surface area (Å²) in [6.45, 7) is 7.31. The fraction of sp³-hybridized carbons (Fsp3) is 0.426. The number of methoxy groups -OCH3 is 1. The van der Waals surface area contributed by atoms with Crippen LogP contribution in [0.25, 0.3) is 33.6 Å². The molecule has 4 N–H and O–H groups in total. The monoisotopic (exact) mass is 796 g/mol. The minimum Gasteiger partial charge on any atom is -0.384 e. The van der Waals surface area contributed by atoms with Gasteiger partial charge in [-0.2, -0.15) is 0 Å². The molecule has 12 heteroatoms. The summed E-state index contributed by atoms with van der Waals surface area (Å²) < 4.78 is 5.53. The standard InChI is InChI=1S/C47H56N8O4/c1-28(2)41(48-4)47(58)55-29(3)11-22-39(55)43-49-24-37(51-43)33-16-12-31(13-17-33)32-14-18-34(19-15-32)38-25-50-44(52-38)40-23-30(27-59-5)26-54(40)46(57)42(35-9-7-6-8-10-35)53-45(56)36-20-21-36/h6-10,12-19,24-25,28-30,36,39-42,48H,11,20-23,26-27H2,1-5H3,(H,49,51)(H,50,52)(H,53,56)/t29-,30-,39-,40-,41-,42+/m0/s1. The van der Waals surface area contributed by atoms with E-state index in [0.717, 1.165) is 70.7 Å². The van der Waals surface area contributed by atoms with E-state index in [0.29, 0.717) is 25.4 Å². The molecular weight excluding hydrogens is 741 g/mol. The zero-order chi connectivity index (χ0) is 41.2. The third-order valence-corrected chi connectivity index (χ3v) is 12.4. The number of amides is 3. The lowest BCUT2D eigenvalue weighted by Gasteiger charge is -2.32. The van der Waals surface area contributed by atoms with Gasteiger partial charge >= 0.3 is 0 Å². The summed E-state index contributed by atoms with van der Waals surface area (Å²) in [5.74, 6) is 1.78.